The molecule has 1 aliphatic rings. The predicted molar refractivity (Wildman–Crippen MR) is 105 cm³/mol. The van der Waals surface area contributed by atoms with Crippen LogP contribution in [-0.4, -0.2) is 57.7 Å². The number of amides is 2. The summed E-state index contributed by atoms with van der Waals surface area (Å²) in [6, 6.07) is 1.89. The Balaban J connectivity index is 1.72. The zero-order valence-corrected chi connectivity index (χ0v) is 17.7. The van der Waals surface area contributed by atoms with E-state index in [0.29, 0.717) is 11.4 Å². The van der Waals surface area contributed by atoms with Crippen LogP contribution in [0, 0.1) is 12.8 Å². The van der Waals surface area contributed by atoms with Crippen molar-refractivity contribution in [1.29, 1.82) is 0 Å². The molecule has 30 heavy (non-hydrogen) atoms. The van der Waals surface area contributed by atoms with Crippen LogP contribution in [0.25, 0.3) is 0 Å². The summed E-state index contributed by atoms with van der Waals surface area (Å²) in [4.78, 5) is 13.7. The lowest BCUT2D eigenvalue weighted by Gasteiger charge is -2.35. The van der Waals surface area contributed by atoms with Crippen LogP contribution >= 0.6 is 0 Å². The lowest BCUT2D eigenvalue weighted by atomic mass is 9.97. The highest BCUT2D eigenvalue weighted by molar-refractivity contribution is 7.92. The molecule has 0 unspecified atom stereocenters. The molecule has 0 aliphatic carbocycles. The van der Waals surface area contributed by atoms with Crippen LogP contribution < -0.4 is 5.32 Å². The molecule has 2 aromatic heterocycles. The van der Waals surface area contributed by atoms with E-state index < -0.39 is 32.1 Å². The Morgan fingerprint density at radius 1 is 1.27 bits per heavy atom. The van der Waals surface area contributed by atoms with Gasteiger partial charge in [0.15, 0.2) is 5.03 Å². The SMILES string of the molecule is Cc1cc(S(=O)(=O)C(F)(F)C2CCN(C(=O)Nc3ccnnc3)CC2)n(C(C)C)n1. The molecule has 0 saturated carbocycles. The number of nitrogens with zero attached hydrogens (tertiary/aromatic N) is 5. The fourth-order valence-electron chi connectivity index (χ4n) is 3.41. The maximum Gasteiger partial charge on any atom is 0.354 e. The number of carbonyl (C=O) groups is 1. The number of halogens is 2. The standard InChI is InChI=1S/C18H24F2N6O3S/c1-12(2)26-16(10-13(3)24-26)30(28,29)18(19,20)14-5-8-25(9-6-14)17(27)23-15-4-7-21-22-11-15/h4,7,10-12,14H,5-6,8-9H2,1-3H3,(H,21,23,27). The third-order valence-electron chi connectivity index (χ3n) is 5.04. The van der Waals surface area contributed by atoms with Gasteiger partial charge in [-0.15, -0.1) is 0 Å². The Labute approximate surface area is 173 Å². The normalized spacial score (nSPS) is 16.1. The lowest BCUT2D eigenvalue weighted by Crippen LogP contribution is -2.47. The minimum absolute atomic E-state index is 0.0165. The summed E-state index contributed by atoms with van der Waals surface area (Å²) in [6.45, 7) is 4.95. The van der Waals surface area contributed by atoms with Gasteiger partial charge in [0.25, 0.3) is 9.84 Å². The van der Waals surface area contributed by atoms with E-state index in [9.17, 15) is 13.2 Å². The third kappa shape index (κ3) is 4.13. The number of piperidine rings is 1. The van der Waals surface area contributed by atoms with E-state index in [2.05, 4.69) is 20.6 Å². The number of hydrogen-bond donors (Lipinski definition) is 1. The van der Waals surface area contributed by atoms with Gasteiger partial charge in [0.1, 0.15) is 0 Å². The predicted octanol–water partition coefficient (Wildman–Crippen LogP) is 2.87. The molecule has 3 rings (SSSR count). The first-order chi connectivity index (χ1) is 14.0. The molecule has 2 amide bonds. The van der Waals surface area contributed by atoms with Crippen LogP contribution in [-0.2, 0) is 9.84 Å². The van der Waals surface area contributed by atoms with E-state index in [-0.39, 0.29) is 32.0 Å². The quantitative estimate of drug-likeness (QED) is 0.762. The van der Waals surface area contributed by atoms with Crippen molar-refractivity contribution in [2.45, 2.75) is 49.9 Å². The number of urea groups is 1. The number of carbonyl (C=O) groups excluding carboxylic acids is 1. The number of rotatable bonds is 5. The molecule has 3 heterocycles. The Kier molecular flexibility index (Phi) is 6.06. The van der Waals surface area contributed by atoms with Crippen LogP contribution in [0.4, 0.5) is 19.3 Å². The molecule has 164 valence electrons. The molecule has 1 fully saturated rings. The monoisotopic (exact) mass is 442 g/mol. The summed E-state index contributed by atoms with van der Waals surface area (Å²) >= 11 is 0. The number of aromatic nitrogens is 4. The van der Waals surface area contributed by atoms with Gasteiger partial charge in [0.2, 0.25) is 0 Å². The fraction of sp³-hybridized carbons (Fsp3) is 0.556. The van der Waals surface area contributed by atoms with E-state index in [4.69, 9.17) is 0 Å². The number of anilines is 1. The van der Waals surface area contributed by atoms with Gasteiger partial charge in [-0.05, 0) is 45.7 Å². The van der Waals surface area contributed by atoms with Gasteiger partial charge >= 0.3 is 11.3 Å². The van der Waals surface area contributed by atoms with Crippen molar-refractivity contribution < 1.29 is 22.0 Å². The number of hydrogen-bond acceptors (Lipinski definition) is 6. The molecule has 0 bridgehead atoms. The highest BCUT2D eigenvalue weighted by Gasteiger charge is 2.54. The number of nitrogens with one attached hydrogen (secondary N) is 1. The smallest absolute Gasteiger partial charge is 0.325 e. The Hall–Kier alpha value is -2.63. The van der Waals surface area contributed by atoms with Gasteiger partial charge in [-0.1, -0.05) is 0 Å². The first-order valence-electron chi connectivity index (χ1n) is 9.55. The van der Waals surface area contributed by atoms with Crippen molar-refractivity contribution >= 4 is 21.6 Å². The van der Waals surface area contributed by atoms with Crippen molar-refractivity contribution in [2.75, 3.05) is 18.4 Å². The molecular formula is C18H24F2N6O3S. The Morgan fingerprint density at radius 2 is 1.93 bits per heavy atom. The maximum atomic E-state index is 15.1. The Morgan fingerprint density at radius 3 is 2.50 bits per heavy atom. The van der Waals surface area contributed by atoms with Gasteiger partial charge < -0.3 is 10.2 Å². The molecule has 0 radical (unpaired) electrons. The highest BCUT2D eigenvalue weighted by atomic mass is 32.2. The maximum absolute atomic E-state index is 15.1. The largest absolute Gasteiger partial charge is 0.354 e. The molecule has 0 aromatic carbocycles. The van der Waals surface area contributed by atoms with Gasteiger partial charge in [-0.2, -0.15) is 24.1 Å². The third-order valence-corrected chi connectivity index (χ3v) is 6.94. The van der Waals surface area contributed by atoms with E-state index >= 15 is 8.78 Å². The molecule has 1 aliphatic heterocycles. The average Bonchev–Trinajstić information content (AvgIpc) is 3.11. The van der Waals surface area contributed by atoms with Crippen molar-refractivity contribution in [2.24, 2.45) is 5.92 Å². The average molecular weight is 442 g/mol. The number of alkyl halides is 2. The topological polar surface area (TPSA) is 110 Å². The van der Waals surface area contributed by atoms with Crippen molar-refractivity contribution in [3.8, 4) is 0 Å². The first kappa shape index (κ1) is 22.1. The summed E-state index contributed by atoms with van der Waals surface area (Å²) in [5.41, 5.74) is 0.789. The Bertz CT molecular complexity index is 1000. The summed E-state index contributed by atoms with van der Waals surface area (Å²) in [7, 11) is -4.95. The van der Waals surface area contributed by atoms with E-state index in [1.165, 1.54) is 23.4 Å². The second-order valence-electron chi connectivity index (χ2n) is 7.55. The van der Waals surface area contributed by atoms with Crippen molar-refractivity contribution in [1.82, 2.24) is 24.9 Å². The lowest BCUT2D eigenvalue weighted by molar-refractivity contribution is -0.0000582. The molecule has 0 spiro atoms. The molecule has 12 heteroatoms. The van der Waals surface area contributed by atoms with E-state index in [1.807, 2.05) is 0 Å². The molecule has 1 saturated heterocycles. The second kappa shape index (κ2) is 8.25. The van der Waals surface area contributed by atoms with E-state index in [1.54, 1.807) is 26.8 Å². The highest BCUT2D eigenvalue weighted by Crippen LogP contribution is 2.41. The minimum atomic E-state index is -4.95. The minimum Gasteiger partial charge on any atom is -0.325 e. The number of sulfone groups is 1. The number of likely N-dealkylation sites (tertiary alicyclic amines) is 1. The summed E-state index contributed by atoms with van der Waals surface area (Å²) in [5, 5.41) is 9.46. The van der Waals surface area contributed by atoms with Crippen LogP contribution in [0.3, 0.4) is 0 Å². The van der Waals surface area contributed by atoms with Crippen molar-refractivity contribution in [3.05, 3.63) is 30.2 Å². The van der Waals surface area contributed by atoms with Crippen LogP contribution in [0.2, 0.25) is 0 Å². The fourth-order valence-corrected chi connectivity index (χ4v) is 5.19. The summed E-state index contributed by atoms with van der Waals surface area (Å²) in [6.07, 6.45) is 2.51. The van der Waals surface area contributed by atoms with E-state index in [0.717, 1.165) is 4.68 Å². The van der Waals surface area contributed by atoms with Crippen LogP contribution in [0.1, 0.15) is 38.4 Å². The van der Waals surface area contributed by atoms with Gasteiger partial charge in [0, 0.05) is 25.0 Å². The van der Waals surface area contributed by atoms with Gasteiger partial charge in [-0.3, -0.25) is 4.68 Å². The summed E-state index contributed by atoms with van der Waals surface area (Å²) < 4.78 is 57.1. The second-order valence-corrected chi connectivity index (χ2v) is 9.52. The van der Waals surface area contributed by atoms with Crippen LogP contribution in [0.5, 0.6) is 0 Å². The molecule has 0 atom stereocenters. The zero-order valence-electron chi connectivity index (χ0n) is 16.9. The molecule has 2 aromatic rings. The van der Waals surface area contributed by atoms with Crippen molar-refractivity contribution in [3.63, 3.8) is 0 Å². The molecule has 9 nitrogen and oxygen atoms in total. The molecular weight excluding hydrogens is 418 g/mol. The number of aryl methyl sites for hydroxylation is 1. The van der Waals surface area contributed by atoms with Gasteiger partial charge in [0.05, 0.1) is 23.8 Å². The first-order valence-corrected chi connectivity index (χ1v) is 11.0. The van der Waals surface area contributed by atoms with Gasteiger partial charge in [-0.25, -0.2) is 13.2 Å². The van der Waals surface area contributed by atoms with Crippen LogP contribution in [0.15, 0.2) is 29.6 Å². The molecule has 1 N–H and O–H groups in total. The zero-order chi connectivity index (χ0) is 22.1. The summed E-state index contributed by atoms with van der Waals surface area (Å²) in [5.74, 6) is -1.40.